The Labute approximate surface area is 152 Å². The van der Waals surface area contributed by atoms with Gasteiger partial charge >= 0.3 is 0 Å². The second kappa shape index (κ2) is 7.14. The molecule has 2 atom stereocenters. The number of thiazole rings is 1. The number of carbonyl (C=O) groups is 1. The van der Waals surface area contributed by atoms with Crippen LogP contribution in [0.1, 0.15) is 24.1 Å². The molecule has 3 fully saturated rings. The number of piperidine rings is 1. The van der Waals surface area contributed by atoms with Crippen LogP contribution in [0.2, 0.25) is 0 Å². The highest BCUT2D eigenvalue weighted by molar-refractivity contribution is 7.07. The number of carbonyl (C=O) groups excluding carboxylic acids is 1. The normalized spacial score (nSPS) is 23.7. The summed E-state index contributed by atoms with van der Waals surface area (Å²) < 4.78 is 5.49. The van der Waals surface area contributed by atoms with Crippen molar-refractivity contribution in [3.8, 4) is 5.75 Å². The Kier molecular flexibility index (Phi) is 4.72. The SMILES string of the molecule is COc1ccccc1CN1CC2CCC(C1)N(Cc1cscn1)C2=O. The van der Waals surface area contributed by atoms with Gasteiger partial charge in [0.15, 0.2) is 0 Å². The van der Waals surface area contributed by atoms with Crippen LogP contribution in [0.25, 0.3) is 0 Å². The van der Waals surface area contributed by atoms with E-state index in [9.17, 15) is 4.79 Å². The third kappa shape index (κ3) is 3.41. The van der Waals surface area contributed by atoms with Crippen molar-refractivity contribution in [1.29, 1.82) is 0 Å². The van der Waals surface area contributed by atoms with E-state index in [2.05, 4.69) is 20.9 Å². The molecule has 1 aromatic heterocycles. The number of hydrogen-bond donors (Lipinski definition) is 0. The number of amides is 1. The summed E-state index contributed by atoms with van der Waals surface area (Å²) in [7, 11) is 1.71. The predicted molar refractivity (Wildman–Crippen MR) is 97.4 cm³/mol. The minimum absolute atomic E-state index is 0.104. The monoisotopic (exact) mass is 357 g/mol. The number of benzene rings is 1. The molecular formula is C19H23N3O2S. The Bertz CT molecular complexity index is 734. The molecule has 0 aliphatic carbocycles. The van der Waals surface area contributed by atoms with E-state index < -0.39 is 0 Å². The summed E-state index contributed by atoms with van der Waals surface area (Å²) in [6.07, 6.45) is 2.09. The molecule has 5 rings (SSSR count). The van der Waals surface area contributed by atoms with Crippen molar-refractivity contribution in [2.45, 2.75) is 32.0 Å². The van der Waals surface area contributed by atoms with Crippen molar-refractivity contribution < 1.29 is 9.53 Å². The van der Waals surface area contributed by atoms with Crippen LogP contribution < -0.4 is 4.74 Å². The highest BCUT2D eigenvalue weighted by Crippen LogP contribution is 2.32. The van der Waals surface area contributed by atoms with Crippen LogP contribution in [0, 0.1) is 5.92 Å². The summed E-state index contributed by atoms with van der Waals surface area (Å²) in [5, 5.41) is 2.04. The highest BCUT2D eigenvalue weighted by atomic mass is 32.1. The lowest BCUT2D eigenvalue weighted by Gasteiger charge is -2.35. The van der Waals surface area contributed by atoms with Crippen molar-refractivity contribution in [3.63, 3.8) is 0 Å². The highest BCUT2D eigenvalue weighted by Gasteiger charge is 2.40. The van der Waals surface area contributed by atoms with Gasteiger partial charge in [-0.1, -0.05) is 18.2 Å². The lowest BCUT2D eigenvalue weighted by atomic mass is 9.94. The number of rotatable bonds is 5. The smallest absolute Gasteiger partial charge is 0.227 e. The molecule has 0 saturated carbocycles. The molecule has 0 radical (unpaired) electrons. The molecule has 2 aromatic rings. The van der Waals surface area contributed by atoms with Gasteiger partial charge in [-0.05, 0) is 18.9 Å². The van der Waals surface area contributed by atoms with E-state index in [4.69, 9.17) is 4.74 Å². The zero-order valence-electron chi connectivity index (χ0n) is 14.4. The Morgan fingerprint density at radius 2 is 2.12 bits per heavy atom. The minimum Gasteiger partial charge on any atom is -0.496 e. The molecule has 3 aliphatic rings. The zero-order chi connectivity index (χ0) is 17.2. The summed E-state index contributed by atoms with van der Waals surface area (Å²) in [6, 6.07) is 8.43. The first-order chi connectivity index (χ1) is 12.2. The molecule has 2 unspecified atom stereocenters. The van der Waals surface area contributed by atoms with Crippen LogP contribution in [0.15, 0.2) is 35.2 Å². The first-order valence-electron chi connectivity index (χ1n) is 8.76. The van der Waals surface area contributed by atoms with Crippen LogP contribution in [0.5, 0.6) is 5.75 Å². The van der Waals surface area contributed by atoms with E-state index in [1.165, 1.54) is 5.56 Å². The van der Waals surface area contributed by atoms with Gasteiger partial charge < -0.3 is 9.64 Å². The van der Waals surface area contributed by atoms with Crippen LogP contribution in [0.3, 0.4) is 0 Å². The first kappa shape index (κ1) is 16.5. The number of para-hydroxylation sites is 1. The molecule has 5 nitrogen and oxygen atoms in total. The largest absolute Gasteiger partial charge is 0.496 e. The van der Waals surface area contributed by atoms with Crippen molar-refractivity contribution in [2.75, 3.05) is 20.2 Å². The number of nitrogens with zero attached hydrogens (tertiary/aromatic N) is 3. The lowest BCUT2D eigenvalue weighted by molar-refractivity contribution is -0.140. The van der Waals surface area contributed by atoms with Crippen molar-refractivity contribution >= 4 is 17.2 Å². The van der Waals surface area contributed by atoms with Gasteiger partial charge in [0, 0.05) is 36.6 Å². The minimum atomic E-state index is 0.104. The summed E-state index contributed by atoms with van der Waals surface area (Å²) >= 11 is 1.59. The fourth-order valence-corrected chi connectivity index (χ4v) is 4.58. The molecule has 0 spiro atoms. The van der Waals surface area contributed by atoms with Gasteiger partial charge in [0.05, 0.1) is 30.8 Å². The van der Waals surface area contributed by atoms with Gasteiger partial charge in [0.2, 0.25) is 5.91 Å². The molecule has 1 amide bonds. The van der Waals surface area contributed by atoms with E-state index in [-0.39, 0.29) is 12.0 Å². The number of methoxy groups -OCH3 is 1. The quantitative estimate of drug-likeness (QED) is 0.825. The van der Waals surface area contributed by atoms with Crippen molar-refractivity contribution in [2.24, 2.45) is 5.92 Å². The molecule has 25 heavy (non-hydrogen) atoms. The third-order valence-electron chi connectivity index (χ3n) is 5.27. The second-order valence-electron chi connectivity index (χ2n) is 6.88. The summed E-state index contributed by atoms with van der Waals surface area (Å²) in [5.74, 6) is 1.32. The van der Waals surface area contributed by atoms with Gasteiger partial charge in [0.1, 0.15) is 5.75 Å². The van der Waals surface area contributed by atoms with E-state index in [1.54, 1.807) is 18.4 Å². The van der Waals surface area contributed by atoms with E-state index in [0.717, 1.165) is 43.9 Å². The number of aromatic nitrogens is 1. The lowest BCUT2D eigenvalue weighted by Crippen LogP contribution is -2.47. The second-order valence-corrected chi connectivity index (χ2v) is 7.60. The van der Waals surface area contributed by atoms with Gasteiger partial charge in [-0.15, -0.1) is 11.3 Å². The van der Waals surface area contributed by atoms with Gasteiger partial charge in [-0.3, -0.25) is 9.69 Å². The molecule has 132 valence electrons. The summed E-state index contributed by atoms with van der Waals surface area (Å²) in [6.45, 7) is 3.23. The third-order valence-corrected chi connectivity index (χ3v) is 5.91. The standard InChI is InChI=1S/C19H23N3O2S/c1-24-18-5-3-2-4-14(18)8-21-9-15-6-7-17(11-21)22(19(15)23)10-16-12-25-13-20-16/h2-5,12-13,15,17H,6-11H2,1H3. The van der Waals surface area contributed by atoms with E-state index in [1.807, 2.05) is 29.1 Å². The van der Waals surface area contributed by atoms with Crippen molar-refractivity contribution in [3.05, 3.63) is 46.4 Å². The van der Waals surface area contributed by atoms with Crippen molar-refractivity contribution in [1.82, 2.24) is 14.8 Å². The molecule has 4 heterocycles. The molecular weight excluding hydrogens is 334 g/mol. The van der Waals surface area contributed by atoms with Gasteiger partial charge in [0.25, 0.3) is 0 Å². The molecule has 1 aromatic carbocycles. The first-order valence-corrected chi connectivity index (χ1v) is 9.70. The van der Waals surface area contributed by atoms with Crippen LogP contribution >= 0.6 is 11.3 Å². The molecule has 6 heteroatoms. The van der Waals surface area contributed by atoms with Gasteiger partial charge in [-0.25, -0.2) is 4.98 Å². The fourth-order valence-electron chi connectivity index (χ4n) is 4.03. The summed E-state index contributed by atoms with van der Waals surface area (Å²) in [5.41, 5.74) is 4.02. The molecule has 3 aliphatic heterocycles. The van der Waals surface area contributed by atoms with E-state index in [0.29, 0.717) is 12.5 Å². The average molecular weight is 357 g/mol. The number of hydrogen-bond acceptors (Lipinski definition) is 5. The van der Waals surface area contributed by atoms with Crippen LogP contribution in [-0.4, -0.2) is 46.9 Å². The number of fused-ring (bicyclic) bond motifs is 4. The van der Waals surface area contributed by atoms with Crippen LogP contribution in [-0.2, 0) is 17.9 Å². The average Bonchev–Trinajstić information content (AvgIpc) is 3.01. The molecule has 3 saturated heterocycles. The Balaban J connectivity index is 1.51. The topological polar surface area (TPSA) is 45.7 Å². The maximum absolute atomic E-state index is 12.9. The fraction of sp³-hybridized carbons (Fsp3) is 0.474. The van der Waals surface area contributed by atoms with E-state index >= 15 is 0 Å². The Hall–Kier alpha value is -1.92. The molecule has 2 bridgehead atoms. The maximum atomic E-state index is 12.9. The number of ether oxygens (including phenoxy) is 1. The Morgan fingerprint density at radius 3 is 2.92 bits per heavy atom. The molecule has 0 N–H and O–H groups in total. The Morgan fingerprint density at radius 1 is 1.24 bits per heavy atom. The predicted octanol–water partition coefficient (Wildman–Crippen LogP) is 2.77. The van der Waals surface area contributed by atoms with Crippen LogP contribution in [0.4, 0.5) is 0 Å². The van der Waals surface area contributed by atoms with Gasteiger partial charge in [-0.2, -0.15) is 0 Å². The maximum Gasteiger partial charge on any atom is 0.227 e. The zero-order valence-corrected chi connectivity index (χ0v) is 15.2. The summed E-state index contributed by atoms with van der Waals surface area (Å²) in [4.78, 5) is 21.7.